The van der Waals surface area contributed by atoms with Crippen LogP contribution in [0.25, 0.3) is 11.5 Å². The Morgan fingerprint density at radius 3 is 2.41 bits per heavy atom. The molecule has 6 heteroatoms. The molecule has 184 valence electrons. The van der Waals surface area contributed by atoms with Crippen molar-refractivity contribution >= 4 is 8.32 Å². The number of methoxy groups -OCH3 is 1. The topological polar surface area (TPSA) is 57.4 Å². The van der Waals surface area contributed by atoms with Crippen LogP contribution in [-0.4, -0.2) is 25.4 Å². The van der Waals surface area contributed by atoms with Gasteiger partial charge in [-0.1, -0.05) is 70.4 Å². The molecule has 0 aliphatic heterocycles. The number of hydrogen-bond donors (Lipinski definition) is 0. The maximum atomic E-state index is 6.80. The van der Waals surface area contributed by atoms with Gasteiger partial charge in [0, 0.05) is 12.3 Å². The highest BCUT2D eigenvalue weighted by Crippen LogP contribution is 2.41. The maximum absolute atomic E-state index is 6.80. The molecule has 0 amide bonds. The monoisotopic (exact) mass is 480 g/mol. The smallest absolute Gasteiger partial charge is 0.222 e. The van der Waals surface area contributed by atoms with E-state index in [1.54, 1.807) is 19.5 Å². The third kappa shape index (κ3) is 7.28. The molecule has 0 radical (unpaired) electrons. The molecule has 1 atom stereocenters. The summed E-state index contributed by atoms with van der Waals surface area (Å²) in [5.74, 6) is 2.03. The predicted octanol–water partition coefficient (Wildman–Crippen LogP) is 8.00. The molecule has 1 unspecified atom stereocenters. The minimum absolute atomic E-state index is 0.116. The van der Waals surface area contributed by atoms with Crippen LogP contribution in [0.2, 0.25) is 18.1 Å². The molecule has 0 bridgehead atoms. The standard InChI is InChI=1S/C28H40N2O3Si/c1-28(2,3)34(5,6)33-25(17-13-8-7-10-14-22-15-11-9-12-16-22)27-30-21-26(32-27)24-20-23(31-4)18-19-29-24/h9,11-12,15-16,18-21,25H,7-8,10,13-14,17H2,1-6H3. The molecule has 2 aromatic heterocycles. The summed E-state index contributed by atoms with van der Waals surface area (Å²) >= 11 is 0. The second kappa shape index (κ2) is 11.8. The molecule has 34 heavy (non-hydrogen) atoms. The summed E-state index contributed by atoms with van der Waals surface area (Å²) in [5, 5.41) is 0.116. The Morgan fingerprint density at radius 2 is 1.71 bits per heavy atom. The Labute approximate surface area is 206 Å². The van der Waals surface area contributed by atoms with E-state index in [0.717, 1.165) is 25.0 Å². The zero-order valence-electron chi connectivity index (χ0n) is 21.6. The van der Waals surface area contributed by atoms with Crippen molar-refractivity contribution in [3.63, 3.8) is 0 Å². The number of rotatable bonds is 12. The zero-order valence-corrected chi connectivity index (χ0v) is 22.6. The third-order valence-electron chi connectivity index (χ3n) is 6.79. The van der Waals surface area contributed by atoms with Crippen LogP contribution in [0.1, 0.15) is 70.4 Å². The minimum Gasteiger partial charge on any atom is -0.497 e. The number of benzene rings is 1. The van der Waals surface area contributed by atoms with Gasteiger partial charge in [0.05, 0.1) is 13.3 Å². The van der Waals surface area contributed by atoms with Crippen molar-refractivity contribution in [3.05, 3.63) is 66.3 Å². The van der Waals surface area contributed by atoms with Crippen molar-refractivity contribution in [2.45, 2.75) is 83.5 Å². The Morgan fingerprint density at radius 1 is 0.971 bits per heavy atom. The number of nitrogens with zero attached hydrogens (tertiary/aromatic N) is 2. The van der Waals surface area contributed by atoms with E-state index in [-0.39, 0.29) is 11.1 Å². The van der Waals surface area contributed by atoms with Gasteiger partial charge in [0.25, 0.3) is 0 Å². The van der Waals surface area contributed by atoms with Crippen LogP contribution in [0.5, 0.6) is 5.75 Å². The van der Waals surface area contributed by atoms with Gasteiger partial charge in [-0.05, 0) is 49.0 Å². The molecule has 3 rings (SSSR count). The van der Waals surface area contributed by atoms with E-state index in [0.29, 0.717) is 17.3 Å². The lowest BCUT2D eigenvalue weighted by atomic mass is 10.0. The van der Waals surface area contributed by atoms with E-state index in [1.807, 2.05) is 12.1 Å². The van der Waals surface area contributed by atoms with E-state index in [9.17, 15) is 0 Å². The highest BCUT2D eigenvalue weighted by Gasteiger charge is 2.40. The Kier molecular flexibility index (Phi) is 9.08. The molecule has 0 spiro atoms. The lowest BCUT2D eigenvalue weighted by Gasteiger charge is -2.38. The van der Waals surface area contributed by atoms with Crippen molar-refractivity contribution < 1.29 is 13.6 Å². The fourth-order valence-electron chi connectivity index (χ4n) is 3.65. The summed E-state index contributed by atoms with van der Waals surface area (Å²) in [5.41, 5.74) is 2.13. The molecule has 0 saturated heterocycles. The normalized spacial score (nSPS) is 13.1. The van der Waals surface area contributed by atoms with Crippen LogP contribution in [0.4, 0.5) is 0 Å². The average molecular weight is 481 g/mol. The van der Waals surface area contributed by atoms with Crippen molar-refractivity contribution in [2.75, 3.05) is 7.11 Å². The molecule has 0 aliphatic rings. The van der Waals surface area contributed by atoms with E-state index in [4.69, 9.17) is 13.6 Å². The highest BCUT2D eigenvalue weighted by atomic mass is 28.4. The van der Waals surface area contributed by atoms with Gasteiger partial charge in [0.2, 0.25) is 5.89 Å². The number of aromatic nitrogens is 2. The van der Waals surface area contributed by atoms with E-state index in [2.05, 4.69) is 74.2 Å². The molecule has 1 aromatic carbocycles. The molecule has 0 fully saturated rings. The fraction of sp³-hybridized carbons (Fsp3) is 0.500. The summed E-state index contributed by atoms with van der Waals surface area (Å²) in [6.07, 6.45) is 10.1. The second-order valence-electron chi connectivity index (χ2n) is 10.4. The predicted molar refractivity (Wildman–Crippen MR) is 141 cm³/mol. The Hall–Kier alpha value is -2.44. The number of hydrogen-bond acceptors (Lipinski definition) is 5. The lowest BCUT2D eigenvalue weighted by Crippen LogP contribution is -2.41. The fourth-order valence-corrected chi connectivity index (χ4v) is 4.93. The maximum Gasteiger partial charge on any atom is 0.222 e. The Balaban J connectivity index is 1.64. The van der Waals surface area contributed by atoms with E-state index >= 15 is 0 Å². The van der Waals surface area contributed by atoms with Gasteiger partial charge in [-0.15, -0.1) is 0 Å². The summed E-state index contributed by atoms with van der Waals surface area (Å²) < 4.78 is 18.3. The van der Waals surface area contributed by atoms with E-state index < -0.39 is 8.32 Å². The largest absolute Gasteiger partial charge is 0.497 e. The van der Waals surface area contributed by atoms with Gasteiger partial charge in [0.1, 0.15) is 17.5 Å². The first kappa shape index (κ1) is 26.2. The van der Waals surface area contributed by atoms with Crippen LogP contribution in [0.15, 0.2) is 59.3 Å². The summed E-state index contributed by atoms with van der Waals surface area (Å²) in [7, 11) is -0.344. The lowest BCUT2D eigenvalue weighted by molar-refractivity contribution is 0.139. The third-order valence-corrected chi connectivity index (χ3v) is 11.3. The summed E-state index contributed by atoms with van der Waals surface area (Å²) in [4.78, 5) is 9.04. The number of aryl methyl sites for hydroxylation is 1. The van der Waals surface area contributed by atoms with Crippen molar-refractivity contribution in [1.82, 2.24) is 9.97 Å². The van der Waals surface area contributed by atoms with Crippen LogP contribution >= 0.6 is 0 Å². The van der Waals surface area contributed by atoms with Crippen molar-refractivity contribution in [2.24, 2.45) is 0 Å². The molecular weight excluding hydrogens is 440 g/mol. The van der Waals surface area contributed by atoms with Crippen LogP contribution in [0, 0.1) is 0 Å². The van der Waals surface area contributed by atoms with Crippen LogP contribution < -0.4 is 4.74 Å². The van der Waals surface area contributed by atoms with Crippen LogP contribution in [-0.2, 0) is 10.8 Å². The molecule has 0 aliphatic carbocycles. The first-order chi connectivity index (χ1) is 16.2. The Bertz CT molecular complexity index is 1010. The molecule has 5 nitrogen and oxygen atoms in total. The first-order valence-corrected chi connectivity index (χ1v) is 15.3. The number of oxazole rings is 1. The number of pyridine rings is 1. The summed E-state index contributed by atoms with van der Waals surface area (Å²) in [6.45, 7) is 11.4. The second-order valence-corrected chi connectivity index (χ2v) is 15.2. The average Bonchev–Trinajstić information content (AvgIpc) is 3.31. The van der Waals surface area contributed by atoms with Gasteiger partial charge in [-0.25, -0.2) is 4.98 Å². The van der Waals surface area contributed by atoms with Gasteiger partial charge >= 0.3 is 0 Å². The van der Waals surface area contributed by atoms with E-state index in [1.165, 1.54) is 24.8 Å². The first-order valence-electron chi connectivity index (χ1n) is 12.4. The molecule has 0 saturated carbocycles. The van der Waals surface area contributed by atoms with Gasteiger partial charge < -0.3 is 13.6 Å². The van der Waals surface area contributed by atoms with Crippen molar-refractivity contribution in [3.8, 4) is 17.2 Å². The van der Waals surface area contributed by atoms with Gasteiger partial charge in [0.15, 0.2) is 14.1 Å². The molecule has 2 heterocycles. The van der Waals surface area contributed by atoms with Gasteiger partial charge in [-0.3, -0.25) is 4.98 Å². The quantitative estimate of drug-likeness (QED) is 0.194. The zero-order chi connectivity index (χ0) is 24.6. The SMILES string of the molecule is COc1ccnc(-c2cnc(C(CCCCCCc3ccccc3)O[Si](C)(C)C(C)(C)C)o2)c1. The van der Waals surface area contributed by atoms with Crippen molar-refractivity contribution in [1.29, 1.82) is 0 Å². The number of unbranched alkanes of at least 4 members (excludes halogenated alkanes) is 3. The van der Waals surface area contributed by atoms with Crippen LogP contribution in [0.3, 0.4) is 0 Å². The summed E-state index contributed by atoms with van der Waals surface area (Å²) in [6, 6.07) is 14.4. The minimum atomic E-state index is -1.99. The molecular formula is C28H40N2O3Si. The molecule has 3 aromatic rings. The molecule has 0 N–H and O–H groups in total. The number of ether oxygens (including phenoxy) is 1. The highest BCUT2D eigenvalue weighted by molar-refractivity contribution is 6.74. The van der Waals surface area contributed by atoms with Gasteiger partial charge in [-0.2, -0.15) is 0 Å².